The van der Waals surface area contributed by atoms with E-state index in [1.54, 1.807) is 42.5 Å². The Morgan fingerprint density at radius 1 is 1.14 bits per heavy atom. The molecular formula is C22H22FN3O2. The van der Waals surface area contributed by atoms with E-state index >= 15 is 0 Å². The van der Waals surface area contributed by atoms with Gasteiger partial charge in [-0.1, -0.05) is 51.1 Å². The average Bonchev–Trinajstić information content (AvgIpc) is 2.66. The molecule has 5 nitrogen and oxygen atoms in total. The highest BCUT2D eigenvalue weighted by molar-refractivity contribution is 5.80. The van der Waals surface area contributed by atoms with Crippen molar-refractivity contribution < 1.29 is 13.9 Å². The van der Waals surface area contributed by atoms with E-state index in [0.29, 0.717) is 22.6 Å². The molecule has 0 unspecified atom stereocenters. The van der Waals surface area contributed by atoms with Crippen molar-refractivity contribution in [3.63, 3.8) is 0 Å². The normalized spacial score (nSPS) is 16.8. The Kier molecular flexibility index (Phi) is 5.36. The number of hydrogen-bond acceptors (Lipinski definition) is 3. The van der Waals surface area contributed by atoms with Gasteiger partial charge in [-0.25, -0.2) is 9.18 Å². The van der Waals surface area contributed by atoms with Crippen LogP contribution in [0.2, 0.25) is 0 Å². The highest BCUT2D eigenvalue weighted by Crippen LogP contribution is 2.34. The smallest absolute Gasteiger partial charge is 0.319 e. The number of halogens is 1. The second kappa shape index (κ2) is 7.73. The van der Waals surface area contributed by atoms with E-state index < -0.39 is 6.04 Å². The Labute approximate surface area is 163 Å². The molecule has 2 aromatic carbocycles. The van der Waals surface area contributed by atoms with Crippen LogP contribution in [0.15, 0.2) is 59.8 Å². The number of ether oxygens (including phenoxy) is 1. The quantitative estimate of drug-likeness (QED) is 0.816. The van der Waals surface area contributed by atoms with Gasteiger partial charge in [0.2, 0.25) is 0 Å². The van der Waals surface area contributed by atoms with Crippen molar-refractivity contribution in [3.05, 3.63) is 76.7 Å². The molecule has 1 aliphatic rings. The molecule has 0 radical (unpaired) electrons. The van der Waals surface area contributed by atoms with E-state index in [1.165, 1.54) is 6.07 Å². The van der Waals surface area contributed by atoms with Gasteiger partial charge in [-0.2, -0.15) is 5.26 Å². The predicted octanol–water partition coefficient (Wildman–Crippen LogP) is 4.58. The van der Waals surface area contributed by atoms with Gasteiger partial charge in [0, 0.05) is 16.7 Å². The van der Waals surface area contributed by atoms with Gasteiger partial charge in [0.05, 0.1) is 17.7 Å². The maximum Gasteiger partial charge on any atom is 0.319 e. The van der Waals surface area contributed by atoms with Crippen LogP contribution in [0.3, 0.4) is 0 Å². The van der Waals surface area contributed by atoms with E-state index in [1.807, 2.05) is 20.8 Å². The summed E-state index contributed by atoms with van der Waals surface area (Å²) >= 11 is 0. The van der Waals surface area contributed by atoms with Crippen LogP contribution in [0.1, 0.15) is 37.9 Å². The number of nitriles is 1. The van der Waals surface area contributed by atoms with Gasteiger partial charge in [-0.05, 0) is 23.8 Å². The first-order valence-corrected chi connectivity index (χ1v) is 8.98. The molecule has 0 fully saturated rings. The van der Waals surface area contributed by atoms with Crippen molar-refractivity contribution in [1.29, 1.82) is 5.26 Å². The zero-order valence-electron chi connectivity index (χ0n) is 16.0. The van der Waals surface area contributed by atoms with Crippen molar-refractivity contribution in [2.24, 2.45) is 5.41 Å². The largest absolute Gasteiger partial charge is 0.489 e. The number of nitrogens with one attached hydrogen (secondary N) is 2. The summed E-state index contributed by atoms with van der Waals surface area (Å²) < 4.78 is 19.3. The molecule has 0 aromatic heterocycles. The van der Waals surface area contributed by atoms with E-state index in [2.05, 4.69) is 16.7 Å². The van der Waals surface area contributed by atoms with E-state index in [9.17, 15) is 14.4 Å². The Balaban J connectivity index is 1.81. The zero-order chi connectivity index (χ0) is 20.3. The summed E-state index contributed by atoms with van der Waals surface area (Å²) in [4.78, 5) is 12.1. The van der Waals surface area contributed by atoms with Crippen molar-refractivity contribution in [3.8, 4) is 11.8 Å². The van der Waals surface area contributed by atoms with Crippen molar-refractivity contribution in [2.45, 2.75) is 33.4 Å². The summed E-state index contributed by atoms with van der Waals surface area (Å²) in [7, 11) is 0. The van der Waals surface area contributed by atoms with E-state index in [0.717, 1.165) is 5.56 Å². The zero-order valence-corrected chi connectivity index (χ0v) is 16.0. The molecule has 6 heteroatoms. The molecular weight excluding hydrogens is 357 g/mol. The SMILES string of the molecule is CC(C)(C)C1=C(C#N)[C@H](c2ccc(OCc3ccccc3F)cc2)NC(=O)N1. The second-order valence-corrected chi connectivity index (χ2v) is 7.63. The van der Waals surface area contributed by atoms with Crippen LogP contribution >= 0.6 is 0 Å². The second-order valence-electron chi connectivity index (χ2n) is 7.63. The molecule has 0 bridgehead atoms. The van der Waals surface area contributed by atoms with Crippen molar-refractivity contribution in [1.82, 2.24) is 10.6 Å². The lowest BCUT2D eigenvalue weighted by Crippen LogP contribution is -2.46. The van der Waals surface area contributed by atoms with Gasteiger partial charge >= 0.3 is 6.03 Å². The maximum atomic E-state index is 13.7. The number of hydrogen-bond donors (Lipinski definition) is 2. The number of benzene rings is 2. The minimum Gasteiger partial charge on any atom is -0.489 e. The lowest BCUT2D eigenvalue weighted by atomic mass is 9.84. The third-order valence-electron chi connectivity index (χ3n) is 4.51. The molecule has 1 heterocycles. The number of rotatable bonds is 4. The lowest BCUT2D eigenvalue weighted by molar-refractivity contribution is 0.235. The molecule has 0 saturated heterocycles. The lowest BCUT2D eigenvalue weighted by Gasteiger charge is -2.33. The van der Waals surface area contributed by atoms with Crippen LogP contribution in [0.25, 0.3) is 0 Å². The molecule has 0 aliphatic carbocycles. The first kappa shape index (κ1) is 19.4. The standard InChI is InChI=1S/C22H22FN3O2/c1-22(2,3)20-17(12-24)19(25-21(27)26-20)14-8-10-16(11-9-14)28-13-15-6-4-5-7-18(15)23/h4-11,19H,13H2,1-3H3,(H2,25,26,27)/t19-/m0/s1. The molecule has 2 amide bonds. The van der Waals surface area contributed by atoms with Gasteiger partial charge < -0.3 is 15.4 Å². The fourth-order valence-corrected chi connectivity index (χ4v) is 3.06. The molecule has 1 aliphatic heterocycles. The molecule has 2 N–H and O–H groups in total. The summed E-state index contributed by atoms with van der Waals surface area (Å²) in [6.45, 7) is 5.96. The molecule has 28 heavy (non-hydrogen) atoms. The number of carbonyl (C=O) groups excluding carboxylic acids is 1. The van der Waals surface area contributed by atoms with Crippen LogP contribution in [-0.2, 0) is 6.61 Å². The molecule has 3 rings (SSSR count). The number of carbonyl (C=O) groups is 1. The fraction of sp³-hybridized carbons (Fsp3) is 0.273. The fourth-order valence-electron chi connectivity index (χ4n) is 3.06. The maximum absolute atomic E-state index is 13.7. The summed E-state index contributed by atoms with van der Waals surface area (Å²) in [6.07, 6.45) is 0. The minimum atomic E-state index is -0.534. The third-order valence-corrected chi connectivity index (χ3v) is 4.51. The summed E-state index contributed by atoms with van der Waals surface area (Å²) in [5.41, 5.74) is 1.97. The average molecular weight is 379 g/mol. The topological polar surface area (TPSA) is 74.1 Å². The number of allylic oxidation sites excluding steroid dienone is 1. The van der Waals surface area contributed by atoms with E-state index in [4.69, 9.17) is 4.74 Å². The number of urea groups is 1. The highest BCUT2D eigenvalue weighted by atomic mass is 19.1. The van der Waals surface area contributed by atoms with E-state index in [-0.39, 0.29) is 23.9 Å². The van der Waals surface area contributed by atoms with Gasteiger partial charge in [0.15, 0.2) is 0 Å². The Bertz CT molecular complexity index is 953. The van der Waals surface area contributed by atoms with Crippen molar-refractivity contribution in [2.75, 3.05) is 0 Å². The summed E-state index contributed by atoms with van der Waals surface area (Å²) in [6, 6.07) is 14.9. The number of nitrogens with zero attached hydrogens (tertiary/aromatic N) is 1. The number of amides is 2. The van der Waals surface area contributed by atoms with Crippen LogP contribution < -0.4 is 15.4 Å². The third kappa shape index (κ3) is 4.15. The molecule has 144 valence electrons. The molecule has 0 spiro atoms. The Hall–Kier alpha value is -3.33. The van der Waals surface area contributed by atoms with Crippen LogP contribution in [-0.4, -0.2) is 6.03 Å². The van der Waals surface area contributed by atoms with Crippen LogP contribution in [0.4, 0.5) is 9.18 Å². The highest BCUT2D eigenvalue weighted by Gasteiger charge is 2.33. The first-order chi connectivity index (χ1) is 13.3. The predicted molar refractivity (Wildman–Crippen MR) is 104 cm³/mol. The molecule has 2 aromatic rings. The first-order valence-electron chi connectivity index (χ1n) is 8.98. The van der Waals surface area contributed by atoms with Crippen LogP contribution in [0.5, 0.6) is 5.75 Å². The van der Waals surface area contributed by atoms with Gasteiger partial charge in [-0.15, -0.1) is 0 Å². The Morgan fingerprint density at radius 2 is 1.82 bits per heavy atom. The van der Waals surface area contributed by atoms with Gasteiger partial charge in [-0.3, -0.25) is 0 Å². The molecule has 1 atom stereocenters. The minimum absolute atomic E-state index is 0.119. The Morgan fingerprint density at radius 3 is 2.43 bits per heavy atom. The monoisotopic (exact) mass is 379 g/mol. The van der Waals surface area contributed by atoms with Crippen molar-refractivity contribution >= 4 is 6.03 Å². The van der Waals surface area contributed by atoms with Gasteiger partial charge in [0.1, 0.15) is 18.2 Å². The van der Waals surface area contributed by atoms with Gasteiger partial charge in [0.25, 0.3) is 0 Å². The van der Waals surface area contributed by atoms with Crippen LogP contribution in [0, 0.1) is 22.6 Å². The molecule has 0 saturated carbocycles. The summed E-state index contributed by atoms with van der Waals surface area (Å²) in [5, 5.41) is 15.2. The summed E-state index contributed by atoms with van der Waals surface area (Å²) in [5.74, 6) is 0.265.